The van der Waals surface area contributed by atoms with E-state index in [0.717, 1.165) is 4.90 Å². The van der Waals surface area contributed by atoms with E-state index in [0.29, 0.717) is 18.1 Å². The van der Waals surface area contributed by atoms with Crippen molar-refractivity contribution in [1.29, 1.82) is 0 Å². The van der Waals surface area contributed by atoms with Gasteiger partial charge in [0.15, 0.2) is 5.69 Å². The normalized spacial score (nSPS) is 21.1. The fourth-order valence-corrected chi connectivity index (χ4v) is 3.52. The minimum Gasteiger partial charge on any atom is -0.397 e. The van der Waals surface area contributed by atoms with Gasteiger partial charge >= 0.3 is 6.18 Å². The smallest absolute Gasteiger partial charge is 0.397 e. The number of nitrogen functional groups attached to an aromatic ring is 1. The van der Waals surface area contributed by atoms with Crippen molar-refractivity contribution in [3.8, 4) is 0 Å². The molecule has 1 amide bonds. The summed E-state index contributed by atoms with van der Waals surface area (Å²) in [6.45, 7) is 2.34. The Hall–Kier alpha value is -3.05. The van der Waals surface area contributed by atoms with Crippen LogP contribution in [-0.4, -0.2) is 50.8 Å². The number of likely N-dealkylation sites (tertiary alicyclic amines) is 1. The maximum atomic E-state index is 14.3. The summed E-state index contributed by atoms with van der Waals surface area (Å²) in [5, 5.41) is 2.73. The van der Waals surface area contributed by atoms with E-state index in [2.05, 4.69) is 20.3 Å². The topological polar surface area (TPSA) is 97.0 Å². The van der Waals surface area contributed by atoms with Crippen molar-refractivity contribution in [3.05, 3.63) is 41.5 Å². The number of nitrogens with two attached hydrogens (primary N) is 1. The number of piperidine rings is 1. The Labute approximate surface area is 174 Å². The van der Waals surface area contributed by atoms with Crippen LogP contribution in [0.1, 0.15) is 35.1 Å². The molecule has 0 spiro atoms. The largest absolute Gasteiger partial charge is 0.419 e. The summed E-state index contributed by atoms with van der Waals surface area (Å²) >= 11 is 0. The maximum absolute atomic E-state index is 14.3. The second-order valence-electron chi connectivity index (χ2n) is 7.60. The monoisotopic (exact) mass is 444 g/mol. The Balaban J connectivity index is 1.82. The van der Waals surface area contributed by atoms with Crippen molar-refractivity contribution in [2.24, 2.45) is 5.92 Å². The van der Waals surface area contributed by atoms with Gasteiger partial charge in [-0.1, -0.05) is 6.92 Å². The van der Waals surface area contributed by atoms with Crippen LogP contribution < -0.4 is 11.1 Å². The molecule has 0 saturated carbocycles. The fourth-order valence-electron chi connectivity index (χ4n) is 3.52. The lowest BCUT2D eigenvalue weighted by Gasteiger charge is -2.43. The Kier molecular flexibility index (Phi) is 6.01. The number of carbonyl (C=O) groups excluding carboxylic acids is 1. The van der Waals surface area contributed by atoms with E-state index < -0.39 is 48.5 Å². The molecule has 1 aliphatic heterocycles. The van der Waals surface area contributed by atoms with E-state index in [4.69, 9.17) is 5.73 Å². The lowest BCUT2D eigenvalue weighted by atomic mass is 9.88. The van der Waals surface area contributed by atoms with Crippen LogP contribution in [0.3, 0.4) is 0 Å². The van der Waals surface area contributed by atoms with Gasteiger partial charge in [0.1, 0.15) is 0 Å². The van der Waals surface area contributed by atoms with Gasteiger partial charge in [0.25, 0.3) is 11.8 Å². The molecule has 1 saturated heterocycles. The first-order chi connectivity index (χ1) is 14.4. The second-order valence-corrected chi connectivity index (χ2v) is 7.60. The van der Waals surface area contributed by atoms with Crippen molar-refractivity contribution in [2.45, 2.75) is 38.4 Å². The van der Waals surface area contributed by atoms with Gasteiger partial charge in [0.2, 0.25) is 5.95 Å². The summed E-state index contributed by atoms with van der Waals surface area (Å²) in [6, 6.07) is 2.37. The predicted molar refractivity (Wildman–Crippen MR) is 102 cm³/mol. The lowest BCUT2D eigenvalue weighted by molar-refractivity contribution is -0.138. The first-order valence-corrected chi connectivity index (χ1v) is 9.42. The molecule has 0 radical (unpaired) electrons. The van der Waals surface area contributed by atoms with Crippen LogP contribution in [0.25, 0.3) is 0 Å². The average molecular weight is 444 g/mol. The van der Waals surface area contributed by atoms with Gasteiger partial charge in [-0.15, -0.1) is 0 Å². The Morgan fingerprint density at radius 1 is 1.29 bits per heavy atom. The van der Waals surface area contributed by atoms with Crippen molar-refractivity contribution >= 4 is 17.5 Å². The van der Waals surface area contributed by atoms with Crippen LogP contribution in [0.2, 0.25) is 0 Å². The first kappa shape index (κ1) is 22.6. The highest BCUT2D eigenvalue weighted by atomic mass is 19.4. The number of hydrogen-bond acceptors (Lipinski definition) is 6. The number of hydrogen-bond donors (Lipinski definition) is 2. The fraction of sp³-hybridized carbons (Fsp3) is 0.474. The van der Waals surface area contributed by atoms with E-state index in [1.54, 1.807) is 19.9 Å². The van der Waals surface area contributed by atoms with Crippen LogP contribution in [-0.2, 0) is 6.18 Å². The molecule has 2 unspecified atom stereocenters. The van der Waals surface area contributed by atoms with Crippen molar-refractivity contribution < 1.29 is 26.7 Å². The third-order valence-electron chi connectivity index (χ3n) is 5.06. The summed E-state index contributed by atoms with van der Waals surface area (Å²) < 4.78 is 66.5. The summed E-state index contributed by atoms with van der Waals surface area (Å²) in [5.41, 5.74) is 5.26. The number of amides is 1. The van der Waals surface area contributed by atoms with Gasteiger partial charge < -0.3 is 16.0 Å². The number of aromatic nitrogens is 3. The standard InChI is InChI=1S/C19H21F5N6O/c1-10-5-18(20,21)9-30(16(31)15-13(25)4-3-11(2)29-15)14(10)8-28-17-26-6-12(7-27-17)19(22,23)24/h3-4,6-7,10,14H,5,8-9,25H2,1-2H3,(H,26,27,28). The molecule has 2 aromatic rings. The SMILES string of the molecule is Cc1ccc(N)c(C(=O)N2CC(F)(F)CC(C)C2CNc2ncc(C(F)(F)F)cn2)n1. The van der Waals surface area contributed by atoms with E-state index in [-0.39, 0.29) is 23.9 Å². The van der Waals surface area contributed by atoms with Crippen LogP contribution >= 0.6 is 0 Å². The number of anilines is 2. The summed E-state index contributed by atoms with van der Waals surface area (Å²) in [6.07, 6.45) is -3.79. The second kappa shape index (κ2) is 8.23. The highest BCUT2D eigenvalue weighted by Gasteiger charge is 2.46. The van der Waals surface area contributed by atoms with Crippen LogP contribution in [0.15, 0.2) is 24.5 Å². The maximum Gasteiger partial charge on any atom is 0.419 e. The molecular weight excluding hydrogens is 423 g/mol. The van der Waals surface area contributed by atoms with E-state index in [9.17, 15) is 26.7 Å². The zero-order valence-electron chi connectivity index (χ0n) is 16.7. The minimum absolute atomic E-state index is 0.0416. The highest BCUT2D eigenvalue weighted by Crippen LogP contribution is 2.35. The number of nitrogens with one attached hydrogen (secondary N) is 1. The molecule has 31 heavy (non-hydrogen) atoms. The van der Waals surface area contributed by atoms with Gasteiger partial charge in [-0.3, -0.25) is 4.79 Å². The summed E-state index contributed by atoms with van der Waals surface area (Å²) in [7, 11) is 0. The molecule has 0 aromatic carbocycles. The predicted octanol–water partition coefficient (Wildman–Crippen LogP) is 3.38. The van der Waals surface area contributed by atoms with Crippen molar-refractivity contribution in [1.82, 2.24) is 19.9 Å². The molecule has 3 rings (SSSR count). The van der Waals surface area contributed by atoms with E-state index in [1.807, 2.05) is 0 Å². The molecule has 1 fully saturated rings. The Morgan fingerprint density at radius 3 is 2.55 bits per heavy atom. The molecule has 0 aliphatic carbocycles. The van der Waals surface area contributed by atoms with E-state index >= 15 is 0 Å². The average Bonchev–Trinajstić information content (AvgIpc) is 2.67. The highest BCUT2D eigenvalue weighted by molar-refractivity contribution is 5.97. The van der Waals surface area contributed by atoms with E-state index in [1.165, 1.54) is 6.07 Å². The van der Waals surface area contributed by atoms with Gasteiger partial charge in [-0.05, 0) is 25.0 Å². The number of halogens is 5. The third kappa shape index (κ3) is 5.17. The molecule has 2 atom stereocenters. The third-order valence-corrected chi connectivity index (χ3v) is 5.06. The first-order valence-electron chi connectivity index (χ1n) is 9.42. The Bertz CT molecular complexity index is 950. The van der Waals surface area contributed by atoms with Gasteiger partial charge in [-0.25, -0.2) is 23.7 Å². The number of nitrogens with zero attached hydrogens (tertiary/aromatic N) is 4. The van der Waals surface area contributed by atoms with Crippen LogP contribution in [0.4, 0.5) is 33.6 Å². The van der Waals surface area contributed by atoms with Crippen LogP contribution in [0, 0.1) is 12.8 Å². The van der Waals surface area contributed by atoms with Gasteiger partial charge in [0, 0.05) is 31.1 Å². The Morgan fingerprint density at radius 2 is 1.94 bits per heavy atom. The minimum atomic E-state index is -4.58. The molecule has 3 heterocycles. The molecule has 1 aliphatic rings. The molecule has 3 N–H and O–H groups in total. The number of aryl methyl sites for hydroxylation is 1. The molecule has 2 aromatic heterocycles. The molecule has 12 heteroatoms. The molecule has 168 valence electrons. The zero-order chi connectivity index (χ0) is 23.0. The number of rotatable bonds is 4. The quantitative estimate of drug-likeness (QED) is 0.702. The lowest BCUT2D eigenvalue weighted by Crippen LogP contribution is -2.57. The number of carbonyl (C=O) groups is 1. The molecular formula is C19H21F5N6O. The van der Waals surface area contributed by atoms with Crippen molar-refractivity contribution in [2.75, 3.05) is 24.1 Å². The number of pyridine rings is 1. The van der Waals surface area contributed by atoms with Crippen LogP contribution in [0.5, 0.6) is 0 Å². The van der Waals surface area contributed by atoms with Crippen molar-refractivity contribution in [3.63, 3.8) is 0 Å². The summed E-state index contributed by atoms with van der Waals surface area (Å²) in [5.74, 6) is -4.58. The molecule has 7 nitrogen and oxygen atoms in total. The van der Waals surface area contributed by atoms with Gasteiger partial charge in [0.05, 0.1) is 23.8 Å². The molecule has 0 bridgehead atoms. The number of alkyl halides is 5. The zero-order valence-corrected chi connectivity index (χ0v) is 16.7. The summed E-state index contributed by atoms with van der Waals surface area (Å²) in [4.78, 5) is 25.4. The van der Waals surface area contributed by atoms with Gasteiger partial charge in [-0.2, -0.15) is 13.2 Å².